The van der Waals surface area contributed by atoms with Gasteiger partial charge in [-0.2, -0.15) is 5.10 Å². The first-order valence-electron chi connectivity index (χ1n) is 2.85. The van der Waals surface area contributed by atoms with E-state index in [0.717, 1.165) is 12.0 Å². The molecular weight excluding hydrogens is 128 g/mol. The predicted molar refractivity (Wildman–Crippen MR) is 36.1 cm³/mol. The highest BCUT2D eigenvalue weighted by Gasteiger charge is 1.81. The molecule has 0 radical (unpaired) electrons. The van der Waals surface area contributed by atoms with Gasteiger partial charge in [0.15, 0.2) is 0 Å². The Hall–Kier alpha value is -1.56. The molecule has 1 aromatic heterocycles. The Morgan fingerprint density at radius 3 is 3.30 bits per heavy atom. The van der Waals surface area contributed by atoms with Crippen LogP contribution in [0.4, 0.5) is 0 Å². The highest BCUT2D eigenvalue weighted by molar-refractivity contribution is 5.54. The molecule has 0 atom stereocenters. The maximum Gasteiger partial charge on any atom is 0.131 e. The van der Waals surface area contributed by atoms with Crippen molar-refractivity contribution in [3.63, 3.8) is 0 Å². The molecule has 0 spiro atoms. The largest absolute Gasteiger partial charge is 0.302 e. The van der Waals surface area contributed by atoms with Crippen molar-refractivity contribution < 1.29 is 4.79 Å². The van der Waals surface area contributed by atoms with Crippen molar-refractivity contribution in [1.29, 1.82) is 0 Å². The van der Waals surface area contributed by atoms with Gasteiger partial charge >= 0.3 is 0 Å². The van der Waals surface area contributed by atoms with E-state index in [4.69, 9.17) is 0 Å². The van der Waals surface area contributed by atoms with Gasteiger partial charge in [-0.3, -0.25) is 5.10 Å². The van der Waals surface area contributed by atoms with Crippen LogP contribution in [0.1, 0.15) is 12.1 Å². The van der Waals surface area contributed by atoms with Crippen LogP contribution in [0.3, 0.4) is 0 Å². The fraction of sp³-hybridized carbons (Fsp3) is 0.143. The summed E-state index contributed by atoms with van der Waals surface area (Å²) in [5.41, 5.74) is 0.738. The van der Waals surface area contributed by atoms with E-state index >= 15 is 0 Å². The zero-order chi connectivity index (χ0) is 7.23. The molecule has 10 heavy (non-hydrogen) atoms. The lowest BCUT2D eigenvalue weighted by atomic mass is 10.4. The summed E-state index contributed by atoms with van der Waals surface area (Å²) in [6, 6.07) is 1.75. The van der Waals surface area contributed by atoms with Gasteiger partial charge in [0.05, 0.1) is 6.42 Å². The molecule has 50 valence electrons. The van der Waals surface area contributed by atoms with Crippen LogP contribution in [0.2, 0.25) is 0 Å². The fourth-order valence-corrected chi connectivity index (χ4v) is 0.513. The summed E-state index contributed by atoms with van der Waals surface area (Å²) in [6.45, 7) is 0. The highest BCUT2D eigenvalue weighted by atomic mass is 16.1. The van der Waals surface area contributed by atoms with E-state index in [0.29, 0.717) is 0 Å². The zero-order valence-corrected chi connectivity index (χ0v) is 5.29. The second-order valence-corrected chi connectivity index (χ2v) is 1.64. The Bertz CT molecular complexity index is 253. The van der Waals surface area contributed by atoms with Gasteiger partial charge in [-0.25, -0.2) is 0 Å². The first-order chi connectivity index (χ1) is 4.93. The lowest BCUT2D eigenvalue weighted by molar-refractivity contribution is -0.107. The second-order valence-electron chi connectivity index (χ2n) is 1.64. The normalized spacial score (nSPS) is 8.00. The first kappa shape index (κ1) is 6.56. The molecule has 0 fully saturated rings. The molecule has 0 aliphatic heterocycles. The maximum atomic E-state index is 9.81. The lowest BCUT2D eigenvalue weighted by Crippen LogP contribution is -1.73. The molecule has 0 saturated heterocycles. The number of carbonyl (C=O) groups excluding carboxylic acids is 1. The third-order valence-corrected chi connectivity index (χ3v) is 0.909. The maximum absolute atomic E-state index is 9.81. The topological polar surface area (TPSA) is 45.8 Å². The monoisotopic (exact) mass is 134 g/mol. The number of hydrogen-bond acceptors (Lipinski definition) is 2. The molecule has 0 bridgehead atoms. The number of carbonyl (C=O) groups is 1. The molecular formula is C7H6N2O. The van der Waals surface area contributed by atoms with Crippen LogP contribution in [0, 0.1) is 11.8 Å². The van der Waals surface area contributed by atoms with E-state index in [1.54, 1.807) is 12.3 Å². The smallest absolute Gasteiger partial charge is 0.131 e. The number of H-pyrrole nitrogens is 1. The van der Waals surface area contributed by atoms with Gasteiger partial charge in [-0.15, -0.1) is 0 Å². The van der Waals surface area contributed by atoms with Gasteiger partial charge in [0.1, 0.15) is 12.0 Å². The molecule has 1 rings (SSSR count). The van der Waals surface area contributed by atoms with E-state index in [2.05, 4.69) is 22.0 Å². The van der Waals surface area contributed by atoms with Crippen molar-refractivity contribution in [2.24, 2.45) is 0 Å². The molecule has 0 amide bonds. The lowest BCUT2D eigenvalue weighted by Gasteiger charge is -1.73. The van der Waals surface area contributed by atoms with Crippen molar-refractivity contribution in [3.8, 4) is 11.8 Å². The Morgan fingerprint density at radius 2 is 2.70 bits per heavy atom. The van der Waals surface area contributed by atoms with Gasteiger partial charge in [0.2, 0.25) is 0 Å². The number of nitrogens with one attached hydrogen (secondary N) is 1. The van der Waals surface area contributed by atoms with Crippen LogP contribution >= 0.6 is 0 Å². The van der Waals surface area contributed by atoms with E-state index < -0.39 is 0 Å². The third-order valence-electron chi connectivity index (χ3n) is 0.909. The van der Waals surface area contributed by atoms with Gasteiger partial charge < -0.3 is 4.79 Å². The summed E-state index contributed by atoms with van der Waals surface area (Å²) in [6.07, 6.45) is 2.66. The van der Waals surface area contributed by atoms with Crippen LogP contribution in [0.15, 0.2) is 12.3 Å². The van der Waals surface area contributed by atoms with Crippen LogP contribution in [0.25, 0.3) is 0 Å². The summed E-state index contributed by atoms with van der Waals surface area (Å²) in [4.78, 5) is 9.81. The molecule has 1 aromatic rings. The summed E-state index contributed by atoms with van der Waals surface area (Å²) in [5.74, 6) is 5.37. The summed E-state index contributed by atoms with van der Waals surface area (Å²) >= 11 is 0. The predicted octanol–water partition coefficient (Wildman–Crippen LogP) is 0.350. The van der Waals surface area contributed by atoms with Crippen molar-refractivity contribution in [3.05, 3.63) is 18.0 Å². The van der Waals surface area contributed by atoms with Gasteiger partial charge in [-0.1, -0.05) is 5.92 Å². The van der Waals surface area contributed by atoms with Crippen molar-refractivity contribution >= 4 is 6.29 Å². The molecule has 0 aromatic carbocycles. The SMILES string of the molecule is O=CCC#Cc1ccn[nH]1. The van der Waals surface area contributed by atoms with Gasteiger partial charge in [0, 0.05) is 6.20 Å². The first-order valence-corrected chi connectivity index (χ1v) is 2.85. The quantitative estimate of drug-likeness (QED) is 0.445. The van der Waals surface area contributed by atoms with Crippen molar-refractivity contribution in [2.45, 2.75) is 6.42 Å². The van der Waals surface area contributed by atoms with Gasteiger partial charge in [-0.05, 0) is 12.0 Å². The molecule has 0 aliphatic rings. The zero-order valence-electron chi connectivity index (χ0n) is 5.29. The minimum Gasteiger partial charge on any atom is -0.302 e. The average molecular weight is 134 g/mol. The van der Waals surface area contributed by atoms with Crippen LogP contribution in [0.5, 0.6) is 0 Å². The van der Waals surface area contributed by atoms with E-state index in [1.165, 1.54) is 0 Å². The number of hydrogen-bond donors (Lipinski definition) is 1. The molecule has 1 N–H and O–H groups in total. The van der Waals surface area contributed by atoms with Crippen LogP contribution in [-0.4, -0.2) is 16.5 Å². The Morgan fingerprint density at radius 1 is 1.80 bits per heavy atom. The van der Waals surface area contributed by atoms with Crippen molar-refractivity contribution in [1.82, 2.24) is 10.2 Å². The Labute approximate surface area is 58.4 Å². The molecule has 0 saturated carbocycles. The molecule has 3 nitrogen and oxygen atoms in total. The Balaban J connectivity index is 2.57. The Kier molecular flexibility index (Phi) is 2.27. The molecule has 3 heteroatoms. The van der Waals surface area contributed by atoms with Crippen LogP contribution < -0.4 is 0 Å². The highest BCUT2D eigenvalue weighted by Crippen LogP contribution is 1.85. The molecule has 0 unspecified atom stereocenters. The summed E-state index contributed by atoms with van der Waals surface area (Å²) < 4.78 is 0. The van der Waals surface area contributed by atoms with Crippen LogP contribution in [-0.2, 0) is 4.79 Å². The average Bonchev–Trinajstić information content (AvgIpc) is 2.41. The third kappa shape index (κ3) is 1.75. The minimum absolute atomic E-state index is 0.277. The van der Waals surface area contributed by atoms with E-state index in [-0.39, 0.29) is 6.42 Å². The number of nitrogens with zero attached hydrogens (tertiary/aromatic N) is 1. The fourth-order valence-electron chi connectivity index (χ4n) is 0.513. The second kappa shape index (κ2) is 3.46. The number of rotatable bonds is 1. The summed E-state index contributed by atoms with van der Waals surface area (Å²) in [7, 11) is 0. The standard InChI is InChI=1S/C7H6N2O/c10-6-2-1-3-7-4-5-8-9-7/h4-6H,2H2,(H,8,9). The number of aromatic amines is 1. The van der Waals surface area contributed by atoms with E-state index in [1.807, 2.05) is 0 Å². The number of aromatic nitrogens is 2. The summed E-state index contributed by atoms with van der Waals surface area (Å²) in [5, 5.41) is 6.34. The van der Waals surface area contributed by atoms with Crippen molar-refractivity contribution in [2.75, 3.05) is 0 Å². The molecule has 0 aliphatic carbocycles. The molecule has 1 heterocycles. The van der Waals surface area contributed by atoms with Gasteiger partial charge in [0.25, 0.3) is 0 Å². The minimum atomic E-state index is 0.277. The van der Waals surface area contributed by atoms with E-state index in [9.17, 15) is 4.79 Å². The number of aldehydes is 1.